The van der Waals surface area contributed by atoms with Crippen molar-refractivity contribution in [3.63, 3.8) is 0 Å². The van der Waals surface area contributed by atoms with Gasteiger partial charge in [0.2, 0.25) is 0 Å². The van der Waals surface area contributed by atoms with Crippen molar-refractivity contribution in [3.8, 4) is 23.0 Å². The second-order valence-electron chi connectivity index (χ2n) is 7.50. The van der Waals surface area contributed by atoms with Gasteiger partial charge in [-0.3, -0.25) is 9.59 Å². The highest BCUT2D eigenvalue weighted by atomic mass is 16.5. The molecule has 3 aromatic rings. The standard InChI is InChI=1S/C25H27N3O7/c1-4-34-22(30)15-20(26-25(32)27-23-21(29)12-13-28(2)24(23)31)16-8-10-17(11-9-16)35-19-7-5-6-18(14-19)33-3/h5-14,20,29H,4,15H2,1-3H3,(H2,26,27,32)/t20-/m0/s1. The highest BCUT2D eigenvalue weighted by Crippen LogP contribution is 2.27. The molecule has 3 N–H and O–H groups in total. The van der Waals surface area contributed by atoms with Crippen molar-refractivity contribution >= 4 is 17.7 Å². The number of amides is 2. The zero-order chi connectivity index (χ0) is 25.4. The molecule has 1 atom stereocenters. The molecule has 10 nitrogen and oxygen atoms in total. The number of hydrogen-bond acceptors (Lipinski definition) is 7. The molecule has 0 saturated heterocycles. The molecular formula is C25H27N3O7. The summed E-state index contributed by atoms with van der Waals surface area (Å²) in [6.07, 6.45) is 1.23. The van der Waals surface area contributed by atoms with Crippen LogP contribution in [0.1, 0.15) is 24.9 Å². The average molecular weight is 482 g/mol. The van der Waals surface area contributed by atoms with Gasteiger partial charge in [0.15, 0.2) is 5.69 Å². The molecule has 2 amide bonds. The third kappa shape index (κ3) is 6.76. The molecule has 3 rings (SSSR count). The Hall–Kier alpha value is -4.47. The monoisotopic (exact) mass is 481 g/mol. The van der Waals surface area contributed by atoms with Gasteiger partial charge in [0.05, 0.1) is 26.2 Å². The Morgan fingerprint density at radius 3 is 2.46 bits per heavy atom. The predicted molar refractivity (Wildman–Crippen MR) is 129 cm³/mol. The van der Waals surface area contributed by atoms with E-state index in [0.717, 1.165) is 0 Å². The normalized spacial score (nSPS) is 11.3. The summed E-state index contributed by atoms with van der Waals surface area (Å²) in [6, 6.07) is 13.7. The van der Waals surface area contributed by atoms with E-state index in [0.29, 0.717) is 22.8 Å². The number of nitrogens with one attached hydrogen (secondary N) is 2. The Morgan fingerprint density at radius 1 is 1.06 bits per heavy atom. The molecule has 184 valence electrons. The molecule has 1 heterocycles. The Balaban J connectivity index is 1.77. The van der Waals surface area contributed by atoms with Gasteiger partial charge < -0.3 is 34.5 Å². The zero-order valence-corrected chi connectivity index (χ0v) is 19.6. The van der Waals surface area contributed by atoms with Crippen LogP contribution in [-0.2, 0) is 16.6 Å². The average Bonchev–Trinajstić information content (AvgIpc) is 2.84. The van der Waals surface area contributed by atoms with Crippen LogP contribution in [0, 0.1) is 0 Å². The quantitative estimate of drug-likeness (QED) is 0.398. The number of benzene rings is 2. The van der Waals surface area contributed by atoms with Gasteiger partial charge in [-0.25, -0.2) is 4.79 Å². The minimum atomic E-state index is -0.769. The third-order valence-electron chi connectivity index (χ3n) is 5.03. The van der Waals surface area contributed by atoms with Gasteiger partial charge in [-0.1, -0.05) is 18.2 Å². The molecule has 0 fully saturated rings. The van der Waals surface area contributed by atoms with Crippen LogP contribution in [-0.4, -0.2) is 35.4 Å². The molecule has 10 heteroatoms. The molecule has 0 radical (unpaired) electrons. The van der Waals surface area contributed by atoms with Crippen molar-refractivity contribution in [1.29, 1.82) is 0 Å². The maximum atomic E-state index is 12.6. The van der Waals surface area contributed by atoms with Crippen LogP contribution in [0.3, 0.4) is 0 Å². The first-order chi connectivity index (χ1) is 16.8. The van der Waals surface area contributed by atoms with E-state index in [1.807, 2.05) is 0 Å². The van der Waals surface area contributed by atoms with Crippen molar-refractivity contribution in [2.24, 2.45) is 7.05 Å². The largest absolute Gasteiger partial charge is 0.505 e. The number of carbonyl (C=O) groups excluding carboxylic acids is 2. The van der Waals surface area contributed by atoms with Crippen LogP contribution in [0.2, 0.25) is 0 Å². The van der Waals surface area contributed by atoms with Gasteiger partial charge in [-0.15, -0.1) is 0 Å². The van der Waals surface area contributed by atoms with E-state index < -0.39 is 23.6 Å². The van der Waals surface area contributed by atoms with Crippen LogP contribution in [0.25, 0.3) is 0 Å². The smallest absolute Gasteiger partial charge is 0.319 e. The number of aromatic hydroxyl groups is 1. The number of urea groups is 1. The number of aryl methyl sites for hydroxylation is 1. The summed E-state index contributed by atoms with van der Waals surface area (Å²) in [6.45, 7) is 1.88. The van der Waals surface area contributed by atoms with Gasteiger partial charge in [0, 0.05) is 19.3 Å². The van der Waals surface area contributed by atoms with E-state index in [-0.39, 0.29) is 24.5 Å². The number of pyridine rings is 1. The van der Waals surface area contributed by atoms with E-state index in [1.54, 1.807) is 62.6 Å². The summed E-state index contributed by atoms with van der Waals surface area (Å²) in [5.74, 6) is 0.904. The zero-order valence-electron chi connectivity index (χ0n) is 19.6. The van der Waals surface area contributed by atoms with E-state index >= 15 is 0 Å². The third-order valence-corrected chi connectivity index (χ3v) is 5.03. The van der Waals surface area contributed by atoms with Gasteiger partial charge in [0.25, 0.3) is 5.56 Å². The molecule has 0 unspecified atom stereocenters. The number of hydrogen-bond donors (Lipinski definition) is 3. The summed E-state index contributed by atoms with van der Waals surface area (Å²) in [7, 11) is 3.06. The van der Waals surface area contributed by atoms with Crippen molar-refractivity contribution in [2.45, 2.75) is 19.4 Å². The van der Waals surface area contributed by atoms with Crippen LogP contribution >= 0.6 is 0 Å². The molecule has 1 aromatic heterocycles. The fourth-order valence-electron chi connectivity index (χ4n) is 3.25. The van der Waals surface area contributed by atoms with E-state index in [1.165, 1.54) is 23.9 Å². The predicted octanol–water partition coefficient (Wildman–Crippen LogP) is 3.71. The fourth-order valence-corrected chi connectivity index (χ4v) is 3.25. The van der Waals surface area contributed by atoms with Crippen molar-refractivity contribution in [1.82, 2.24) is 9.88 Å². The van der Waals surface area contributed by atoms with Crippen molar-refractivity contribution in [2.75, 3.05) is 19.0 Å². The van der Waals surface area contributed by atoms with Crippen molar-refractivity contribution < 1.29 is 28.9 Å². The van der Waals surface area contributed by atoms with E-state index in [2.05, 4.69) is 10.6 Å². The number of aromatic nitrogens is 1. The summed E-state index contributed by atoms with van der Waals surface area (Å²) >= 11 is 0. The molecule has 2 aromatic carbocycles. The SMILES string of the molecule is CCOC(=O)C[C@H](NC(=O)Nc1c(O)ccn(C)c1=O)c1ccc(Oc2cccc(OC)c2)cc1. The first-order valence-electron chi connectivity index (χ1n) is 10.8. The van der Waals surface area contributed by atoms with Crippen molar-refractivity contribution in [3.05, 3.63) is 76.7 Å². The Labute approximate surface area is 202 Å². The minimum absolute atomic E-state index is 0.143. The number of ether oxygens (including phenoxy) is 3. The second-order valence-corrected chi connectivity index (χ2v) is 7.50. The number of nitrogens with zero attached hydrogens (tertiary/aromatic N) is 1. The molecule has 35 heavy (non-hydrogen) atoms. The molecule has 0 spiro atoms. The lowest BCUT2D eigenvalue weighted by Gasteiger charge is -2.19. The Morgan fingerprint density at radius 2 is 1.77 bits per heavy atom. The first kappa shape index (κ1) is 25.2. The molecule has 0 aliphatic carbocycles. The highest BCUT2D eigenvalue weighted by molar-refractivity contribution is 5.91. The van der Waals surface area contributed by atoms with Gasteiger partial charge in [0.1, 0.15) is 23.0 Å². The molecular weight excluding hydrogens is 454 g/mol. The number of esters is 1. The van der Waals surface area contributed by atoms with Crippen LogP contribution in [0.4, 0.5) is 10.5 Å². The van der Waals surface area contributed by atoms with Gasteiger partial charge in [-0.05, 0) is 42.8 Å². The number of methoxy groups -OCH3 is 1. The maximum absolute atomic E-state index is 12.6. The van der Waals surface area contributed by atoms with Crippen LogP contribution in [0.5, 0.6) is 23.0 Å². The summed E-state index contributed by atoms with van der Waals surface area (Å²) in [5.41, 5.74) is -0.248. The van der Waals surface area contributed by atoms with Crippen LogP contribution in [0.15, 0.2) is 65.6 Å². The number of carbonyl (C=O) groups is 2. The molecule has 0 aliphatic rings. The minimum Gasteiger partial charge on any atom is -0.505 e. The number of anilines is 1. The second kappa shape index (κ2) is 11.6. The van der Waals surface area contributed by atoms with Gasteiger partial charge >= 0.3 is 12.0 Å². The Kier molecular flexibility index (Phi) is 8.33. The van der Waals surface area contributed by atoms with E-state index in [4.69, 9.17) is 14.2 Å². The molecule has 0 aliphatic heterocycles. The summed E-state index contributed by atoms with van der Waals surface area (Å²) < 4.78 is 17.3. The van der Waals surface area contributed by atoms with Crippen LogP contribution < -0.4 is 25.7 Å². The first-order valence-corrected chi connectivity index (χ1v) is 10.8. The van der Waals surface area contributed by atoms with Gasteiger partial charge in [-0.2, -0.15) is 0 Å². The lowest BCUT2D eigenvalue weighted by molar-refractivity contribution is -0.143. The molecule has 0 bridgehead atoms. The summed E-state index contributed by atoms with van der Waals surface area (Å²) in [4.78, 5) is 37.1. The summed E-state index contributed by atoms with van der Waals surface area (Å²) in [5, 5.41) is 15.0. The Bertz CT molecular complexity index is 1240. The lowest BCUT2D eigenvalue weighted by atomic mass is 10.0. The van der Waals surface area contributed by atoms with E-state index in [9.17, 15) is 19.5 Å². The molecule has 0 saturated carbocycles. The topological polar surface area (TPSA) is 128 Å². The highest BCUT2D eigenvalue weighted by Gasteiger charge is 2.21. The number of rotatable bonds is 9. The fraction of sp³-hybridized carbons (Fsp3) is 0.240. The maximum Gasteiger partial charge on any atom is 0.319 e. The lowest BCUT2D eigenvalue weighted by Crippen LogP contribution is -2.36.